The number of hydrogen-bond acceptors (Lipinski definition) is 4. The molecule has 4 rings (SSSR count). The summed E-state index contributed by atoms with van der Waals surface area (Å²) < 4.78 is 12.1. The molecular formula is C21H23BrN2O3. The van der Waals surface area contributed by atoms with Crippen molar-refractivity contribution in [2.24, 2.45) is 0 Å². The van der Waals surface area contributed by atoms with Crippen molar-refractivity contribution in [3.63, 3.8) is 0 Å². The molecule has 1 fully saturated rings. The topological polar surface area (TPSA) is 50.8 Å². The van der Waals surface area contributed by atoms with Gasteiger partial charge in [0.1, 0.15) is 5.75 Å². The zero-order chi connectivity index (χ0) is 18.6. The fourth-order valence-corrected chi connectivity index (χ4v) is 4.02. The molecule has 2 aromatic carbocycles. The molecule has 0 unspecified atom stereocenters. The number of nitrogens with zero attached hydrogens (tertiary/aromatic N) is 1. The van der Waals surface area contributed by atoms with E-state index >= 15 is 0 Å². The summed E-state index contributed by atoms with van der Waals surface area (Å²) in [6.07, 6.45) is 3.44. The molecule has 6 heteroatoms. The van der Waals surface area contributed by atoms with Gasteiger partial charge in [0.2, 0.25) is 0 Å². The first-order valence-electron chi connectivity index (χ1n) is 9.36. The van der Waals surface area contributed by atoms with Crippen molar-refractivity contribution >= 4 is 33.2 Å². The van der Waals surface area contributed by atoms with Gasteiger partial charge < -0.3 is 19.7 Å². The Hall–Kier alpha value is -2.05. The molecule has 1 heterocycles. The quantitative estimate of drug-likeness (QED) is 0.783. The minimum atomic E-state index is -0.164. The van der Waals surface area contributed by atoms with Crippen molar-refractivity contribution in [2.75, 3.05) is 43.1 Å². The van der Waals surface area contributed by atoms with E-state index in [-0.39, 0.29) is 12.5 Å². The second-order valence-corrected chi connectivity index (χ2v) is 7.80. The second-order valence-electron chi connectivity index (χ2n) is 6.88. The van der Waals surface area contributed by atoms with E-state index in [9.17, 15) is 4.79 Å². The number of hydrogen-bond donors (Lipinski definition) is 1. The molecule has 0 bridgehead atoms. The molecule has 0 spiro atoms. The number of morpholine rings is 1. The van der Waals surface area contributed by atoms with Gasteiger partial charge >= 0.3 is 0 Å². The van der Waals surface area contributed by atoms with Crippen LogP contribution in [0.2, 0.25) is 0 Å². The van der Waals surface area contributed by atoms with Crippen LogP contribution in [-0.2, 0) is 22.4 Å². The Morgan fingerprint density at radius 1 is 1.11 bits per heavy atom. The lowest BCUT2D eigenvalue weighted by atomic mass is 10.1. The monoisotopic (exact) mass is 430 g/mol. The highest BCUT2D eigenvalue weighted by Gasteiger charge is 2.17. The largest absolute Gasteiger partial charge is 0.484 e. The summed E-state index contributed by atoms with van der Waals surface area (Å²) in [6, 6.07) is 12.1. The fourth-order valence-electron chi connectivity index (χ4n) is 3.66. The maximum atomic E-state index is 12.5. The van der Waals surface area contributed by atoms with E-state index in [1.54, 1.807) is 0 Å². The van der Waals surface area contributed by atoms with Crippen molar-refractivity contribution in [1.82, 2.24) is 0 Å². The normalized spacial score (nSPS) is 16.1. The van der Waals surface area contributed by atoms with Gasteiger partial charge in [0.25, 0.3) is 5.91 Å². The van der Waals surface area contributed by atoms with E-state index in [1.165, 1.54) is 17.5 Å². The molecule has 1 N–H and O–H groups in total. The lowest BCUT2D eigenvalue weighted by Gasteiger charge is -2.30. The summed E-state index contributed by atoms with van der Waals surface area (Å²) >= 11 is 3.49. The second kappa shape index (κ2) is 8.31. The molecule has 0 atom stereocenters. The molecule has 2 aromatic rings. The van der Waals surface area contributed by atoms with Crippen molar-refractivity contribution < 1.29 is 14.3 Å². The number of carbonyl (C=O) groups excluding carboxylic acids is 1. The van der Waals surface area contributed by atoms with Crippen LogP contribution >= 0.6 is 15.9 Å². The van der Waals surface area contributed by atoms with Crippen molar-refractivity contribution in [3.05, 3.63) is 52.0 Å². The van der Waals surface area contributed by atoms with Crippen LogP contribution in [0.3, 0.4) is 0 Å². The molecule has 142 valence electrons. The predicted molar refractivity (Wildman–Crippen MR) is 110 cm³/mol. The molecular weight excluding hydrogens is 408 g/mol. The Morgan fingerprint density at radius 3 is 2.78 bits per heavy atom. The van der Waals surface area contributed by atoms with Gasteiger partial charge in [0.15, 0.2) is 6.61 Å². The number of anilines is 2. The number of carbonyl (C=O) groups is 1. The summed E-state index contributed by atoms with van der Waals surface area (Å²) in [4.78, 5) is 14.7. The van der Waals surface area contributed by atoms with Gasteiger partial charge in [-0.2, -0.15) is 0 Å². The van der Waals surface area contributed by atoms with Gasteiger partial charge in [-0.25, -0.2) is 0 Å². The number of amides is 1. The van der Waals surface area contributed by atoms with E-state index < -0.39 is 0 Å². The van der Waals surface area contributed by atoms with Crippen LogP contribution in [0.5, 0.6) is 5.75 Å². The van der Waals surface area contributed by atoms with E-state index in [1.807, 2.05) is 24.3 Å². The number of nitrogens with one attached hydrogen (secondary N) is 1. The minimum Gasteiger partial charge on any atom is -0.484 e. The molecule has 0 aromatic heterocycles. The van der Waals surface area contributed by atoms with Crippen LogP contribution in [0.4, 0.5) is 11.4 Å². The Balaban J connectivity index is 1.41. The summed E-state index contributed by atoms with van der Waals surface area (Å²) in [6.45, 7) is 3.02. The van der Waals surface area contributed by atoms with E-state index in [4.69, 9.17) is 9.47 Å². The first-order valence-corrected chi connectivity index (χ1v) is 10.1. The van der Waals surface area contributed by atoms with Crippen LogP contribution in [0, 0.1) is 0 Å². The lowest BCUT2D eigenvalue weighted by Crippen LogP contribution is -2.37. The number of benzene rings is 2. The van der Waals surface area contributed by atoms with E-state index in [0.717, 1.165) is 47.5 Å². The highest BCUT2D eigenvalue weighted by atomic mass is 79.9. The van der Waals surface area contributed by atoms with Crippen molar-refractivity contribution in [1.29, 1.82) is 0 Å². The first-order chi connectivity index (χ1) is 13.2. The highest BCUT2D eigenvalue weighted by Crippen LogP contribution is 2.30. The van der Waals surface area contributed by atoms with Crippen LogP contribution in [0.1, 0.15) is 17.5 Å². The molecule has 1 amide bonds. The molecule has 1 aliphatic carbocycles. The molecule has 27 heavy (non-hydrogen) atoms. The first kappa shape index (κ1) is 18.3. The standard InChI is InChI=1S/C21H23BrN2O3/c22-17-5-7-20(24-8-10-26-11-9-24)19(13-17)23-21(25)14-27-18-6-4-15-2-1-3-16(15)12-18/h4-7,12-13H,1-3,8-11,14H2,(H,23,25). The molecule has 0 saturated carbocycles. The average Bonchev–Trinajstić information content (AvgIpc) is 3.15. The average molecular weight is 431 g/mol. The summed E-state index contributed by atoms with van der Waals surface area (Å²) in [5.74, 6) is 0.594. The van der Waals surface area contributed by atoms with Gasteiger partial charge in [-0.1, -0.05) is 22.0 Å². The zero-order valence-electron chi connectivity index (χ0n) is 15.2. The third-order valence-electron chi connectivity index (χ3n) is 5.02. The van der Waals surface area contributed by atoms with Gasteiger partial charge in [0.05, 0.1) is 24.6 Å². The summed E-state index contributed by atoms with van der Waals surface area (Å²) in [5, 5.41) is 2.99. The Bertz CT molecular complexity index is 834. The van der Waals surface area contributed by atoms with Crippen LogP contribution in [0.25, 0.3) is 0 Å². The molecule has 1 aliphatic heterocycles. The Morgan fingerprint density at radius 2 is 1.93 bits per heavy atom. The summed E-state index contributed by atoms with van der Waals surface area (Å²) in [5.41, 5.74) is 4.53. The van der Waals surface area contributed by atoms with Crippen LogP contribution in [-0.4, -0.2) is 38.8 Å². The van der Waals surface area contributed by atoms with Crippen LogP contribution < -0.4 is 15.0 Å². The Kier molecular flexibility index (Phi) is 5.64. The zero-order valence-corrected chi connectivity index (χ0v) is 16.8. The van der Waals surface area contributed by atoms with Crippen LogP contribution in [0.15, 0.2) is 40.9 Å². The minimum absolute atomic E-state index is 0.00610. The Labute approximate surface area is 167 Å². The van der Waals surface area contributed by atoms with E-state index in [2.05, 4.69) is 38.3 Å². The summed E-state index contributed by atoms with van der Waals surface area (Å²) in [7, 11) is 0. The molecule has 0 radical (unpaired) electrons. The lowest BCUT2D eigenvalue weighted by molar-refractivity contribution is -0.118. The van der Waals surface area contributed by atoms with Crippen molar-refractivity contribution in [2.45, 2.75) is 19.3 Å². The third kappa shape index (κ3) is 4.45. The van der Waals surface area contributed by atoms with Gasteiger partial charge in [0, 0.05) is 17.6 Å². The van der Waals surface area contributed by atoms with E-state index in [0.29, 0.717) is 13.2 Å². The fraction of sp³-hybridized carbons (Fsp3) is 0.381. The molecule has 1 saturated heterocycles. The number of halogens is 1. The third-order valence-corrected chi connectivity index (χ3v) is 5.52. The highest BCUT2D eigenvalue weighted by molar-refractivity contribution is 9.10. The van der Waals surface area contributed by atoms with Gasteiger partial charge in [-0.05, 0) is 60.7 Å². The number of fused-ring (bicyclic) bond motifs is 1. The molecule has 2 aliphatic rings. The number of ether oxygens (including phenoxy) is 2. The number of aryl methyl sites for hydroxylation is 2. The SMILES string of the molecule is O=C(COc1ccc2c(c1)CCC2)Nc1cc(Br)ccc1N1CCOCC1. The predicted octanol–water partition coefficient (Wildman–Crippen LogP) is 3.79. The van der Waals surface area contributed by atoms with Gasteiger partial charge in [-0.15, -0.1) is 0 Å². The smallest absolute Gasteiger partial charge is 0.262 e. The van der Waals surface area contributed by atoms with Crippen molar-refractivity contribution in [3.8, 4) is 5.75 Å². The number of rotatable bonds is 5. The maximum absolute atomic E-state index is 12.5. The molecule has 5 nitrogen and oxygen atoms in total. The van der Waals surface area contributed by atoms with Gasteiger partial charge in [-0.3, -0.25) is 4.79 Å². The maximum Gasteiger partial charge on any atom is 0.262 e.